The highest BCUT2D eigenvalue weighted by Crippen LogP contribution is 2.22. The molecular weight excluding hydrogens is 400 g/mol. The number of piperidine rings is 1. The topological polar surface area (TPSA) is 94.1 Å². The number of aromatic nitrogens is 4. The highest BCUT2D eigenvalue weighted by atomic mass is 15.4. The summed E-state index contributed by atoms with van der Waals surface area (Å²) in [6.45, 7) is 3.87. The van der Waals surface area contributed by atoms with Gasteiger partial charge < -0.3 is 15.2 Å². The van der Waals surface area contributed by atoms with Gasteiger partial charge in [-0.25, -0.2) is 5.43 Å². The van der Waals surface area contributed by atoms with Gasteiger partial charge in [-0.2, -0.15) is 20.1 Å². The molecule has 1 saturated heterocycles. The lowest BCUT2D eigenvalue weighted by Crippen LogP contribution is -2.31. The molecule has 0 spiro atoms. The average Bonchev–Trinajstić information content (AvgIpc) is 3.28. The van der Waals surface area contributed by atoms with Crippen LogP contribution in [0, 0.1) is 0 Å². The van der Waals surface area contributed by atoms with Crippen molar-refractivity contribution in [2.45, 2.75) is 26.2 Å². The van der Waals surface area contributed by atoms with Crippen molar-refractivity contribution in [3.8, 4) is 0 Å². The first-order chi connectivity index (χ1) is 15.8. The van der Waals surface area contributed by atoms with Crippen LogP contribution in [0.15, 0.2) is 65.9 Å². The zero-order valence-electron chi connectivity index (χ0n) is 18.0. The molecule has 1 aliphatic heterocycles. The van der Waals surface area contributed by atoms with Crippen LogP contribution >= 0.6 is 0 Å². The van der Waals surface area contributed by atoms with E-state index in [0.717, 1.165) is 53.8 Å². The molecule has 2 aromatic carbocycles. The van der Waals surface area contributed by atoms with Crippen molar-refractivity contribution in [3.63, 3.8) is 0 Å². The van der Waals surface area contributed by atoms with E-state index in [1.54, 1.807) is 0 Å². The van der Waals surface area contributed by atoms with Crippen LogP contribution in [0.3, 0.4) is 0 Å². The number of hydrazone groups is 1. The normalized spacial score (nSPS) is 14.5. The van der Waals surface area contributed by atoms with Crippen molar-refractivity contribution in [1.82, 2.24) is 19.9 Å². The summed E-state index contributed by atoms with van der Waals surface area (Å²) in [6.07, 6.45) is 5.51. The predicted octanol–water partition coefficient (Wildman–Crippen LogP) is 4.92. The molecule has 1 fully saturated rings. The van der Waals surface area contributed by atoms with Gasteiger partial charge in [0.1, 0.15) is 0 Å². The van der Waals surface area contributed by atoms with Gasteiger partial charge in [-0.3, -0.25) is 0 Å². The van der Waals surface area contributed by atoms with E-state index in [4.69, 9.17) is 0 Å². The van der Waals surface area contributed by atoms with E-state index >= 15 is 0 Å². The quantitative estimate of drug-likeness (QED) is 0.299. The number of H-pyrrole nitrogens is 1. The molecule has 3 N–H and O–H groups in total. The molecule has 0 unspecified atom stereocenters. The Balaban J connectivity index is 1.43. The number of nitrogens with zero attached hydrogens (tertiary/aromatic N) is 5. The zero-order valence-corrected chi connectivity index (χ0v) is 18.0. The number of fused-ring (bicyclic) bond motifs is 1. The maximum atomic E-state index is 4.67. The van der Waals surface area contributed by atoms with Crippen molar-refractivity contribution in [1.29, 1.82) is 0 Å². The first-order valence-corrected chi connectivity index (χ1v) is 11.0. The molecular formula is C24H26N8. The first kappa shape index (κ1) is 20.0. The number of para-hydroxylation sites is 2. The van der Waals surface area contributed by atoms with Gasteiger partial charge in [-0.05, 0) is 44.4 Å². The van der Waals surface area contributed by atoms with E-state index in [9.17, 15) is 0 Å². The Bertz CT molecular complexity index is 1230. The summed E-state index contributed by atoms with van der Waals surface area (Å²) in [5.41, 5.74) is 6.94. The number of aromatic amines is 1. The van der Waals surface area contributed by atoms with E-state index in [-0.39, 0.29) is 0 Å². The maximum Gasteiger partial charge on any atom is 0.250 e. The molecule has 3 heterocycles. The summed E-state index contributed by atoms with van der Waals surface area (Å²) in [4.78, 5) is 19.4. The number of hydrogen-bond acceptors (Lipinski definition) is 7. The minimum Gasteiger partial charge on any atom is -0.360 e. The van der Waals surface area contributed by atoms with Gasteiger partial charge in [-0.15, -0.1) is 0 Å². The highest BCUT2D eigenvalue weighted by Gasteiger charge is 2.16. The van der Waals surface area contributed by atoms with E-state index in [2.05, 4.69) is 52.8 Å². The van der Waals surface area contributed by atoms with Gasteiger partial charge in [0.05, 0.1) is 5.71 Å². The predicted molar refractivity (Wildman–Crippen MR) is 130 cm³/mol. The summed E-state index contributed by atoms with van der Waals surface area (Å²) in [6, 6.07) is 18.1. The third-order valence-corrected chi connectivity index (χ3v) is 5.60. The molecule has 0 saturated carbocycles. The summed E-state index contributed by atoms with van der Waals surface area (Å²) < 4.78 is 0. The minimum absolute atomic E-state index is 0.415. The Morgan fingerprint density at radius 2 is 1.66 bits per heavy atom. The van der Waals surface area contributed by atoms with Gasteiger partial charge >= 0.3 is 0 Å². The lowest BCUT2D eigenvalue weighted by molar-refractivity contribution is 0.568. The smallest absolute Gasteiger partial charge is 0.250 e. The molecule has 0 atom stereocenters. The molecule has 8 nitrogen and oxygen atoms in total. The maximum absolute atomic E-state index is 4.67. The number of anilines is 4. The summed E-state index contributed by atoms with van der Waals surface area (Å²) >= 11 is 0. The molecule has 8 heteroatoms. The molecule has 5 rings (SSSR count). The second-order valence-electron chi connectivity index (χ2n) is 7.88. The van der Waals surface area contributed by atoms with Crippen molar-refractivity contribution in [3.05, 3.63) is 66.4 Å². The lowest BCUT2D eigenvalue weighted by Gasteiger charge is -2.26. The molecule has 2 aromatic heterocycles. The van der Waals surface area contributed by atoms with E-state index < -0.39 is 0 Å². The summed E-state index contributed by atoms with van der Waals surface area (Å²) in [7, 11) is 0. The fourth-order valence-electron chi connectivity index (χ4n) is 3.92. The third kappa shape index (κ3) is 4.39. The lowest BCUT2D eigenvalue weighted by atomic mass is 10.1. The van der Waals surface area contributed by atoms with Crippen LogP contribution in [0.4, 0.5) is 23.5 Å². The van der Waals surface area contributed by atoms with Gasteiger partial charge in [0, 0.05) is 41.4 Å². The van der Waals surface area contributed by atoms with Gasteiger partial charge in [0.15, 0.2) is 0 Å². The van der Waals surface area contributed by atoms with Gasteiger partial charge in [0.25, 0.3) is 0 Å². The van der Waals surface area contributed by atoms with Gasteiger partial charge in [0.2, 0.25) is 17.8 Å². The van der Waals surface area contributed by atoms with Crippen LogP contribution in [-0.2, 0) is 0 Å². The number of rotatable bonds is 6. The molecule has 0 radical (unpaired) electrons. The van der Waals surface area contributed by atoms with Crippen molar-refractivity contribution in [2.75, 3.05) is 28.7 Å². The molecule has 4 aromatic rings. The van der Waals surface area contributed by atoms with Crippen LogP contribution in [-0.4, -0.2) is 38.7 Å². The average molecular weight is 427 g/mol. The number of benzene rings is 2. The Morgan fingerprint density at radius 3 is 2.50 bits per heavy atom. The standard InChI is InChI=1S/C24H26N8/c1-17(20-16-25-21-13-7-6-12-19(20)21)30-31-23-27-22(26-18-10-4-2-5-11-18)28-24(29-23)32-14-8-3-9-15-32/h2,4-7,10-13,16,25H,3,8-9,14-15H2,1H3,(H2,26,27,28,29,31)/b30-17-. The Kier molecular flexibility index (Phi) is 5.65. The van der Waals surface area contributed by atoms with Crippen molar-refractivity contribution in [2.24, 2.45) is 5.10 Å². The Hall–Kier alpha value is -3.94. The van der Waals surface area contributed by atoms with Crippen LogP contribution < -0.4 is 15.6 Å². The van der Waals surface area contributed by atoms with Gasteiger partial charge in [-0.1, -0.05) is 36.4 Å². The summed E-state index contributed by atoms with van der Waals surface area (Å²) in [5.74, 6) is 1.58. The Labute approximate surface area is 186 Å². The fraction of sp³-hybridized carbons (Fsp3) is 0.250. The fourth-order valence-corrected chi connectivity index (χ4v) is 3.92. The van der Waals surface area contributed by atoms with Crippen LogP contribution in [0.5, 0.6) is 0 Å². The largest absolute Gasteiger partial charge is 0.360 e. The zero-order chi connectivity index (χ0) is 21.8. The molecule has 0 aliphatic carbocycles. The highest BCUT2D eigenvalue weighted by molar-refractivity contribution is 6.09. The van der Waals surface area contributed by atoms with E-state index in [0.29, 0.717) is 17.8 Å². The van der Waals surface area contributed by atoms with Crippen LogP contribution in [0.25, 0.3) is 10.9 Å². The Morgan fingerprint density at radius 1 is 0.906 bits per heavy atom. The number of hydrogen-bond donors (Lipinski definition) is 3. The molecule has 32 heavy (non-hydrogen) atoms. The second-order valence-corrected chi connectivity index (χ2v) is 7.88. The van der Waals surface area contributed by atoms with Crippen LogP contribution in [0.1, 0.15) is 31.7 Å². The molecule has 0 amide bonds. The minimum atomic E-state index is 0.415. The van der Waals surface area contributed by atoms with Crippen molar-refractivity contribution >= 4 is 40.1 Å². The molecule has 0 bridgehead atoms. The monoisotopic (exact) mass is 426 g/mol. The molecule has 1 aliphatic rings. The van der Waals surface area contributed by atoms with E-state index in [1.165, 1.54) is 6.42 Å². The second kappa shape index (κ2) is 9.05. The van der Waals surface area contributed by atoms with Crippen LogP contribution in [0.2, 0.25) is 0 Å². The number of nitrogens with one attached hydrogen (secondary N) is 3. The molecule has 162 valence electrons. The van der Waals surface area contributed by atoms with Crippen molar-refractivity contribution < 1.29 is 0 Å². The van der Waals surface area contributed by atoms with E-state index in [1.807, 2.05) is 55.6 Å². The first-order valence-electron chi connectivity index (χ1n) is 11.0. The third-order valence-electron chi connectivity index (χ3n) is 5.60. The SMILES string of the molecule is C/C(=N/Nc1nc(Nc2ccccc2)nc(N2CCCCC2)n1)c1c[nH]c2ccccc12. The summed E-state index contributed by atoms with van der Waals surface area (Å²) in [5, 5.41) is 8.98.